The largest absolute Gasteiger partial charge is 0.434 e. The van der Waals surface area contributed by atoms with Crippen LogP contribution in [0.15, 0.2) is 48.5 Å². The molecule has 2 aliphatic heterocycles. The van der Waals surface area contributed by atoms with Crippen LogP contribution >= 0.6 is 0 Å². The summed E-state index contributed by atoms with van der Waals surface area (Å²) in [6.07, 6.45) is 0. The van der Waals surface area contributed by atoms with Crippen LogP contribution in [0.1, 0.15) is 24.1 Å². The average Bonchev–Trinajstić information content (AvgIpc) is 3.20. The minimum absolute atomic E-state index is 0.0177. The van der Waals surface area contributed by atoms with E-state index in [1.165, 1.54) is 12.1 Å². The molecule has 0 spiro atoms. The van der Waals surface area contributed by atoms with E-state index >= 15 is 0 Å². The van der Waals surface area contributed by atoms with Gasteiger partial charge in [0.1, 0.15) is 11.6 Å². The van der Waals surface area contributed by atoms with Crippen molar-refractivity contribution in [3.63, 3.8) is 0 Å². The number of carbonyl (C=O) groups is 1. The van der Waals surface area contributed by atoms with Gasteiger partial charge in [-0.15, -0.1) is 0 Å². The van der Waals surface area contributed by atoms with Crippen LogP contribution in [0.3, 0.4) is 0 Å². The van der Waals surface area contributed by atoms with Crippen LogP contribution in [0.5, 0.6) is 5.75 Å². The fourth-order valence-corrected chi connectivity index (χ4v) is 4.79. The molecule has 4 rings (SSSR count). The Morgan fingerprint density at radius 3 is 2.66 bits per heavy atom. The molecule has 3 atom stereocenters. The normalized spacial score (nSPS) is 24.2. The zero-order valence-corrected chi connectivity index (χ0v) is 16.1. The van der Waals surface area contributed by atoms with Crippen molar-refractivity contribution in [2.45, 2.75) is 26.1 Å². The maximum absolute atomic E-state index is 13.8. The van der Waals surface area contributed by atoms with Gasteiger partial charge < -0.3 is 9.64 Å². The fraction of sp³-hybridized carbons (Fsp3) is 0.409. The first-order chi connectivity index (χ1) is 13.9. The maximum Gasteiger partial charge on any atom is 0.387 e. The zero-order chi connectivity index (χ0) is 20.5. The molecule has 0 aliphatic carbocycles. The predicted molar refractivity (Wildman–Crippen MR) is 102 cm³/mol. The molecule has 2 fully saturated rings. The lowest BCUT2D eigenvalue weighted by molar-refractivity contribution is -0.130. The summed E-state index contributed by atoms with van der Waals surface area (Å²) in [5, 5.41) is 0. The fourth-order valence-electron chi connectivity index (χ4n) is 4.79. The Bertz CT molecular complexity index is 892. The number of fused-ring (bicyclic) bond motifs is 1. The highest BCUT2D eigenvalue weighted by Crippen LogP contribution is 2.45. The summed E-state index contributed by atoms with van der Waals surface area (Å²) in [4.78, 5) is 16.2. The number of hydrogen-bond donors (Lipinski definition) is 0. The van der Waals surface area contributed by atoms with Gasteiger partial charge in [0.2, 0.25) is 5.91 Å². The highest BCUT2D eigenvalue weighted by molar-refractivity contribution is 5.74. The Hall–Kier alpha value is -2.54. The lowest BCUT2D eigenvalue weighted by Gasteiger charge is -2.29. The molecule has 154 valence electrons. The van der Waals surface area contributed by atoms with Crippen molar-refractivity contribution in [2.75, 3.05) is 19.6 Å². The number of likely N-dealkylation sites (tertiary alicyclic amines) is 2. The molecule has 0 aromatic heterocycles. The third-order valence-corrected chi connectivity index (χ3v) is 5.92. The predicted octanol–water partition coefficient (Wildman–Crippen LogP) is 4.08. The Balaban J connectivity index is 1.54. The monoisotopic (exact) mass is 404 g/mol. The number of para-hydroxylation sites is 1. The molecule has 2 saturated heterocycles. The molecule has 2 aromatic rings. The summed E-state index contributed by atoms with van der Waals surface area (Å²) in [6, 6.07) is 13.1. The second kappa shape index (κ2) is 8.06. The first-order valence-corrected chi connectivity index (χ1v) is 9.70. The zero-order valence-electron chi connectivity index (χ0n) is 16.1. The highest BCUT2D eigenvalue weighted by atomic mass is 19.3. The van der Waals surface area contributed by atoms with E-state index < -0.39 is 6.61 Å². The average molecular weight is 404 g/mol. The van der Waals surface area contributed by atoms with Crippen molar-refractivity contribution >= 4 is 5.91 Å². The molecule has 1 amide bonds. The summed E-state index contributed by atoms with van der Waals surface area (Å²) >= 11 is 0. The van der Waals surface area contributed by atoms with Gasteiger partial charge in [0.25, 0.3) is 0 Å². The number of ether oxygens (including phenoxy) is 1. The van der Waals surface area contributed by atoms with Crippen LogP contribution in [0, 0.1) is 17.7 Å². The summed E-state index contributed by atoms with van der Waals surface area (Å²) in [5.74, 6) is 0.282. The molecule has 0 N–H and O–H groups in total. The molecular weight excluding hydrogens is 381 g/mol. The number of carbonyl (C=O) groups excluding carboxylic acids is 1. The van der Waals surface area contributed by atoms with Crippen molar-refractivity contribution in [2.24, 2.45) is 11.8 Å². The van der Waals surface area contributed by atoms with Crippen LogP contribution in [-0.4, -0.2) is 42.0 Å². The van der Waals surface area contributed by atoms with Gasteiger partial charge in [0.05, 0.1) is 6.04 Å². The molecule has 2 heterocycles. The van der Waals surface area contributed by atoms with E-state index in [1.807, 2.05) is 11.0 Å². The van der Waals surface area contributed by atoms with E-state index in [2.05, 4.69) is 9.64 Å². The van der Waals surface area contributed by atoms with E-state index in [4.69, 9.17) is 0 Å². The molecule has 0 saturated carbocycles. The minimum atomic E-state index is -2.87. The standard InChI is InChI=1S/C22H23F3N2O2/c1-14(28)27-12-17-11-26(10-16-5-2-3-8-20(16)29-22(24)25)13-19(17)21(27)15-6-4-7-18(23)9-15/h2-9,17,19,21-22H,10-13H2,1H3/t17-,19-,21-/m1/s1. The number of rotatable bonds is 5. The highest BCUT2D eigenvalue weighted by Gasteiger charge is 2.48. The van der Waals surface area contributed by atoms with Gasteiger partial charge in [-0.2, -0.15) is 8.78 Å². The van der Waals surface area contributed by atoms with Crippen molar-refractivity contribution in [3.05, 3.63) is 65.5 Å². The summed E-state index contributed by atoms with van der Waals surface area (Å²) in [7, 11) is 0. The van der Waals surface area contributed by atoms with Crippen molar-refractivity contribution in [3.8, 4) is 5.75 Å². The first-order valence-electron chi connectivity index (χ1n) is 9.70. The summed E-state index contributed by atoms with van der Waals surface area (Å²) in [5.41, 5.74) is 1.51. The van der Waals surface area contributed by atoms with E-state index in [-0.39, 0.29) is 35.4 Å². The topological polar surface area (TPSA) is 32.8 Å². The van der Waals surface area contributed by atoms with E-state index in [0.717, 1.165) is 12.1 Å². The molecule has 0 radical (unpaired) electrons. The van der Waals surface area contributed by atoms with Crippen LogP contribution in [-0.2, 0) is 11.3 Å². The van der Waals surface area contributed by atoms with Crippen LogP contribution in [0.25, 0.3) is 0 Å². The van der Waals surface area contributed by atoms with Crippen molar-refractivity contribution in [1.29, 1.82) is 0 Å². The lowest BCUT2D eigenvalue weighted by atomic mass is 9.89. The molecule has 29 heavy (non-hydrogen) atoms. The van der Waals surface area contributed by atoms with Crippen molar-refractivity contribution in [1.82, 2.24) is 9.80 Å². The van der Waals surface area contributed by atoms with Gasteiger partial charge in [-0.1, -0.05) is 30.3 Å². The number of hydrogen-bond acceptors (Lipinski definition) is 3. The Kier molecular flexibility index (Phi) is 5.50. The number of nitrogens with zero attached hydrogens (tertiary/aromatic N) is 2. The number of amides is 1. The maximum atomic E-state index is 13.8. The van der Waals surface area contributed by atoms with Crippen LogP contribution in [0.4, 0.5) is 13.2 Å². The van der Waals surface area contributed by atoms with Gasteiger partial charge >= 0.3 is 6.61 Å². The van der Waals surface area contributed by atoms with Crippen LogP contribution in [0.2, 0.25) is 0 Å². The van der Waals surface area contributed by atoms with Gasteiger partial charge in [0.15, 0.2) is 0 Å². The molecular formula is C22H23F3N2O2. The molecule has 2 aliphatic rings. The second-order valence-electron chi connectivity index (χ2n) is 7.78. The molecule has 0 unspecified atom stereocenters. The smallest absolute Gasteiger partial charge is 0.387 e. The molecule has 4 nitrogen and oxygen atoms in total. The molecule has 2 aromatic carbocycles. The molecule has 0 bridgehead atoms. The molecule has 7 heteroatoms. The first kappa shape index (κ1) is 19.8. The van der Waals surface area contributed by atoms with E-state index in [9.17, 15) is 18.0 Å². The summed E-state index contributed by atoms with van der Waals surface area (Å²) < 4.78 is 43.8. The Labute approximate surface area is 167 Å². The van der Waals surface area contributed by atoms with Crippen molar-refractivity contribution < 1.29 is 22.7 Å². The van der Waals surface area contributed by atoms with E-state index in [1.54, 1.807) is 37.3 Å². The summed E-state index contributed by atoms with van der Waals surface area (Å²) in [6.45, 7) is 1.25. The second-order valence-corrected chi connectivity index (χ2v) is 7.78. The Morgan fingerprint density at radius 1 is 1.14 bits per heavy atom. The number of halogens is 3. The lowest BCUT2D eigenvalue weighted by Crippen LogP contribution is -2.34. The quantitative estimate of drug-likeness (QED) is 0.753. The minimum Gasteiger partial charge on any atom is -0.434 e. The number of alkyl halides is 2. The third kappa shape index (κ3) is 4.10. The van der Waals surface area contributed by atoms with Crippen LogP contribution < -0.4 is 4.74 Å². The van der Waals surface area contributed by atoms with Gasteiger partial charge in [-0.25, -0.2) is 4.39 Å². The number of benzene rings is 2. The van der Waals surface area contributed by atoms with E-state index in [0.29, 0.717) is 25.2 Å². The van der Waals surface area contributed by atoms with Gasteiger partial charge in [-0.05, 0) is 29.7 Å². The van der Waals surface area contributed by atoms with Gasteiger partial charge in [0, 0.05) is 44.6 Å². The SMILES string of the molecule is CC(=O)N1C[C@H]2CN(Cc3ccccc3OC(F)F)C[C@H]2[C@H]1c1cccc(F)c1. The Morgan fingerprint density at radius 2 is 1.93 bits per heavy atom. The van der Waals surface area contributed by atoms with Gasteiger partial charge in [-0.3, -0.25) is 9.69 Å². The third-order valence-electron chi connectivity index (χ3n) is 5.92.